The van der Waals surface area contributed by atoms with Gasteiger partial charge in [0.05, 0.1) is 6.04 Å². The molecule has 1 amide bonds. The Balaban J connectivity index is 1.88. The molecule has 2 unspecified atom stereocenters. The van der Waals surface area contributed by atoms with Crippen LogP contribution in [-0.2, 0) is 4.79 Å². The van der Waals surface area contributed by atoms with E-state index in [2.05, 4.69) is 62.2 Å². The Labute approximate surface area is 148 Å². The topological polar surface area (TPSA) is 35.6 Å². The summed E-state index contributed by atoms with van der Waals surface area (Å²) in [5.41, 5.74) is 1.34. The van der Waals surface area contributed by atoms with Gasteiger partial charge in [0.2, 0.25) is 5.91 Å². The summed E-state index contributed by atoms with van der Waals surface area (Å²) < 4.78 is 1.11. The lowest BCUT2D eigenvalue weighted by atomic mass is 10.1. The van der Waals surface area contributed by atoms with E-state index >= 15 is 0 Å². The average Bonchev–Trinajstić information content (AvgIpc) is 2.53. The van der Waals surface area contributed by atoms with Gasteiger partial charge >= 0.3 is 0 Å². The fraction of sp³-hybridized carbons (Fsp3) is 0.611. The molecule has 1 aliphatic heterocycles. The quantitative estimate of drug-likeness (QED) is 0.851. The summed E-state index contributed by atoms with van der Waals surface area (Å²) in [6.07, 6.45) is 0. The lowest BCUT2D eigenvalue weighted by Crippen LogP contribution is -2.54. The fourth-order valence-electron chi connectivity index (χ4n) is 3.04. The molecule has 0 radical (unpaired) electrons. The van der Waals surface area contributed by atoms with Crippen molar-refractivity contribution in [3.05, 3.63) is 34.3 Å². The first kappa shape index (κ1) is 18.4. The highest BCUT2D eigenvalue weighted by Gasteiger charge is 2.27. The minimum Gasteiger partial charge on any atom is -0.353 e. The molecule has 0 saturated carbocycles. The van der Waals surface area contributed by atoms with Crippen molar-refractivity contribution in [3.63, 3.8) is 0 Å². The number of amides is 1. The number of carbonyl (C=O) groups is 1. The molecule has 1 aliphatic rings. The monoisotopic (exact) mass is 381 g/mol. The average molecular weight is 382 g/mol. The van der Waals surface area contributed by atoms with Gasteiger partial charge in [0.1, 0.15) is 0 Å². The summed E-state index contributed by atoms with van der Waals surface area (Å²) in [5.74, 6) is 0.134. The van der Waals surface area contributed by atoms with Gasteiger partial charge in [-0.2, -0.15) is 0 Å². The molecule has 5 heteroatoms. The summed E-state index contributed by atoms with van der Waals surface area (Å²) in [6.45, 7) is 12.1. The molecule has 0 spiro atoms. The number of nitrogens with one attached hydrogen (secondary N) is 1. The van der Waals surface area contributed by atoms with E-state index in [9.17, 15) is 4.79 Å². The van der Waals surface area contributed by atoms with E-state index in [0.717, 1.165) is 30.7 Å². The molecule has 1 aromatic carbocycles. The first-order chi connectivity index (χ1) is 10.9. The van der Waals surface area contributed by atoms with Crippen molar-refractivity contribution >= 4 is 21.8 Å². The number of rotatable bonds is 5. The molecule has 2 atom stereocenters. The number of hydrogen-bond donors (Lipinski definition) is 1. The van der Waals surface area contributed by atoms with Gasteiger partial charge in [0, 0.05) is 42.7 Å². The largest absolute Gasteiger partial charge is 0.353 e. The van der Waals surface area contributed by atoms with Crippen molar-refractivity contribution in [2.24, 2.45) is 0 Å². The third kappa shape index (κ3) is 5.03. The Morgan fingerprint density at radius 3 is 2.04 bits per heavy atom. The predicted octanol–water partition coefficient (Wildman–Crippen LogP) is 3.04. The molecule has 0 aliphatic carbocycles. The molecule has 1 heterocycles. The third-order valence-electron chi connectivity index (χ3n) is 4.61. The highest BCUT2D eigenvalue weighted by molar-refractivity contribution is 9.10. The van der Waals surface area contributed by atoms with Crippen molar-refractivity contribution < 1.29 is 4.79 Å². The standard InChI is InChI=1S/C18H28BrN3O/c1-13(2)20-18(23)15(4)22-11-9-21(10-12-22)14(3)16-5-7-17(19)8-6-16/h5-8,13-15H,9-12H2,1-4H3,(H,20,23). The molecule has 128 valence electrons. The number of nitrogens with zero attached hydrogens (tertiary/aromatic N) is 2. The van der Waals surface area contributed by atoms with Crippen LogP contribution in [-0.4, -0.2) is 54.0 Å². The summed E-state index contributed by atoms with van der Waals surface area (Å²) in [4.78, 5) is 16.9. The van der Waals surface area contributed by atoms with Crippen LogP contribution in [0.3, 0.4) is 0 Å². The first-order valence-corrected chi connectivity index (χ1v) is 9.21. The van der Waals surface area contributed by atoms with E-state index in [0.29, 0.717) is 6.04 Å². The summed E-state index contributed by atoms with van der Waals surface area (Å²) in [6, 6.07) is 9.11. The zero-order valence-corrected chi connectivity index (χ0v) is 16.1. The Morgan fingerprint density at radius 1 is 1.00 bits per heavy atom. The van der Waals surface area contributed by atoms with E-state index < -0.39 is 0 Å². The maximum atomic E-state index is 12.2. The van der Waals surface area contributed by atoms with E-state index in [1.807, 2.05) is 20.8 Å². The number of benzene rings is 1. The molecular formula is C18H28BrN3O. The zero-order chi connectivity index (χ0) is 17.0. The van der Waals surface area contributed by atoms with Crippen LogP contribution in [0.1, 0.15) is 39.3 Å². The predicted molar refractivity (Wildman–Crippen MR) is 98.4 cm³/mol. The zero-order valence-electron chi connectivity index (χ0n) is 14.6. The number of halogens is 1. The molecule has 2 rings (SSSR count). The number of hydrogen-bond acceptors (Lipinski definition) is 3. The maximum Gasteiger partial charge on any atom is 0.237 e. The molecule has 0 aromatic heterocycles. The van der Waals surface area contributed by atoms with Gasteiger partial charge in [-0.1, -0.05) is 28.1 Å². The van der Waals surface area contributed by atoms with Gasteiger partial charge < -0.3 is 5.32 Å². The van der Waals surface area contributed by atoms with Crippen LogP contribution in [0.4, 0.5) is 0 Å². The van der Waals surface area contributed by atoms with Gasteiger partial charge in [0.25, 0.3) is 0 Å². The number of piperazine rings is 1. The Hall–Kier alpha value is -0.910. The van der Waals surface area contributed by atoms with E-state index in [-0.39, 0.29) is 18.0 Å². The molecule has 1 fully saturated rings. The van der Waals surface area contributed by atoms with Crippen LogP contribution in [0.5, 0.6) is 0 Å². The Bertz CT molecular complexity index is 510. The highest BCUT2D eigenvalue weighted by atomic mass is 79.9. The second-order valence-corrected chi connectivity index (χ2v) is 7.55. The van der Waals surface area contributed by atoms with Gasteiger partial charge in [-0.3, -0.25) is 14.6 Å². The first-order valence-electron chi connectivity index (χ1n) is 8.42. The van der Waals surface area contributed by atoms with E-state index in [1.165, 1.54) is 5.56 Å². The summed E-state index contributed by atoms with van der Waals surface area (Å²) in [7, 11) is 0. The normalized spacial score (nSPS) is 19.6. The van der Waals surface area contributed by atoms with Crippen molar-refractivity contribution in [3.8, 4) is 0 Å². The minimum absolute atomic E-state index is 0.0532. The van der Waals surface area contributed by atoms with Crippen molar-refractivity contribution in [1.82, 2.24) is 15.1 Å². The van der Waals surface area contributed by atoms with Crippen LogP contribution in [0.15, 0.2) is 28.7 Å². The van der Waals surface area contributed by atoms with Crippen LogP contribution >= 0.6 is 15.9 Å². The lowest BCUT2D eigenvalue weighted by Gasteiger charge is -2.40. The highest BCUT2D eigenvalue weighted by Crippen LogP contribution is 2.23. The summed E-state index contributed by atoms with van der Waals surface area (Å²) in [5, 5.41) is 3.01. The molecular weight excluding hydrogens is 354 g/mol. The molecule has 1 aromatic rings. The van der Waals surface area contributed by atoms with Crippen molar-refractivity contribution in [2.45, 2.75) is 45.8 Å². The van der Waals surface area contributed by atoms with Crippen molar-refractivity contribution in [2.75, 3.05) is 26.2 Å². The van der Waals surface area contributed by atoms with Crippen molar-refractivity contribution in [1.29, 1.82) is 0 Å². The molecule has 1 saturated heterocycles. The smallest absolute Gasteiger partial charge is 0.237 e. The maximum absolute atomic E-state index is 12.2. The van der Waals surface area contributed by atoms with Gasteiger partial charge in [-0.05, 0) is 45.4 Å². The molecule has 1 N–H and O–H groups in total. The Kier molecular flexibility index (Phi) is 6.62. The van der Waals surface area contributed by atoms with Gasteiger partial charge in [0.15, 0.2) is 0 Å². The molecule has 23 heavy (non-hydrogen) atoms. The fourth-order valence-corrected chi connectivity index (χ4v) is 3.30. The van der Waals surface area contributed by atoms with Crippen LogP contribution in [0, 0.1) is 0 Å². The van der Waals surface area contributed by atoms with Crippen LogP contribution < -0.4 is 5.32 Å². The lowest BCUT2D eigenvalue weighted by molar-refractivity contribution is -0.127. The third-order valence-corrected chi connectivity index (χ3v) is 5.14. The van der Waals surface area contributed by atoms with E-state index in [1.54, 1.807) is 0 Å². The SMILES string of the molecule is CC(C)NC(=O)C(C)N1CCN(C(C)c2ccc(Br)cc2)CC1. The van der Waals surface area contributed by atoms with Crippen LogP contribution in [0.2, 0.25) is 0 Å². The van der Waals surface area contributed by atoms with Crippen LogP contribution in [0.25, 0.3) is 0 Å². The van der Waals surface area contributed by atoms with Gasteiger partial charge in [-0.25, -0.2) is 0 Å². The second-order valence-electron chi connectivity index (χ2n) is 6.64. The molecule has 0 bridgehead atoms. The minimum atomic E-state index is -0.0532. The van der Waals surface area contributed by atoms with E-state index in [4.69, 9.17) is 0 Å². The molecule has 4 nitrogen and oxygen atoms in total. The summed E-state index contributed by atoms with van der Waals surface area (Å²) >= 11 is 3.49. The Morgan fingerprint density at radius 2 is 1.52 bits per heavy atom. The van der Waals surface area contributed by atoms with Gasteiger partial charge in [-0.15, -0.1) is 0 Å². The second kappa shape index (κ2) is 8.27. The number of carbonyl (C=O) groups excluding carboxylic acids is 1.